The fourth-order valence-electron chi connectivity index (χ4n) is 5.67. The highest BCUT2D eigenvalue weighted by molar-refractivity contribution is 5.18. The van der Waals surface area contributed by atoms with E-state index in [2.05, 4.69) is 6.58 Å². The third-order valence-corrected chi connectivity index (χ3v) is 6.16. The summed E-state index contributed by atoms with van der Waals surface area (Å²) in [6.07, 6.45) is 11.0. The largest absolute Gasteiger partial charge is 0.350 e. The van der Waals surface area contributed by atoms with Crippen LogP contribution in [0.25, 0.3) is 0 Å². The van der Waals surface area contributed by atoms with Gasteiger partial charge in [-0.1, -0.05) is 12.2 Å². The van der Waals surface area contributed by atoms with Gasteiger partial charge < -0.3 is 9.47 Å². The first kappa shape index (κ1) is 12.4. The van der Waals surface area contributed by atoms with Crippen LogP contribution in [0.3, 0.4) is 0 Å². The molecule has 5 aliphatic rings. The SMILES string of the molecule is C=C(CCC1OCCO1)C12CC3CC(CC(C3)C1)C2. The van der Waals surface area contributed by atoms with Crippen LogP contribution in [0.5, 0.6) is 0 Å². The highest BCUT2D eigenvalue weighted by Crippen LogP contribution is 2.62. The monoisotopic (exact) mass is 262 g/mol. The second-order valence-corrected chi connectivity index (χ2v) is 7.51. The predicted molar refractivity (Wildman–Crippen MR) is 74.7 cm³/mol. The molecule has 0 unspecified atom stereocenters. The van der Waals surface area contributed by atoms with Gasteiger partial charge in [0, 0.05) is 6.42 Å². The quantitative estimate of drug-likeness (QED) is 0.715. The lowest BCUT2D eigenvalue weighted by Gasteiger charge is -2.57. The number of hydrogen-bond acceptors (Lipinski definition) is 2. The maximum atomic E-state index is 5.56. The Balaban J connectivity index is 1.41. The zero-order valence-electron chi connectivity index (χ0n) is 11.9. The summed E-state index contributed by atoms with van der Waals surface area (Å²) in [7, 11) is 0. The molecular formula is C17H26O2. The maximum absolute atomic E-state index is 5.56. The molecule has 4 bridgehead atoms. The molecule has 4 aliphatic carbocycles. The molecule has 106 valence electrons. The Bertz CT molecular complexity index is 332. The molecule has 1 heterocycles. The van der Waals surface area contributed by atoms with Gasteiger partial charge in [-0.05, 0) is 68.1 Å². The molecule has 0 aromatic heterocycles. The van der Waals surface area contributed by atoms with Crippen molar-refractivity contribution >= 4 is 0 Å². The van der Waals surface area contributed by atoms with Crippen molar-refractivity contribution in [1.29, 1.82) is 0 Å². The van der Waals surface area contributed by atoms with Crippen LogP contribution >= 0.6 is 0 Å². The van der Waals surface area contributed by atoms with Crippen molar-refractivity contribution < 1.29 is 9.47 Å². The van der Waals surface area contributed by atoms with Gasteiger partial charge >= 0.3 is 0 Å². The molecule has 2 nitrogen and oxygen atoms in total. The van der Waals surface area contributed by atoms with Crippen LogP contribution in [-0.2, 0) is 9.47 Å². The summed E-state index contributed by atoms with van der Waals surface area (Å²) in [4.78, 5) is 0. The molecule has 19 heavy (non-hydrogen) atoms. The van der Waals surface area contributed by atoms with E-state index in [-0.39, 0.29) is 6.29 Å². The summed E-state index contributed by atoms with van der Waals surface area (Å²) in [6.45, 7) is 6.04. The van der Waals surface area contributed by atoms with E-state index in [1.807, 2.05) is 0 Å². The zero-order chi connectivity index (χ0) is 12.9. The van der Waals surface area contributed by atoms with Crippen molar-refractivity contribution in [3.63, 3.8) is 0 Å². The fraction of sp³-hybridized carbons (Fsp3) is 0.882. The summed E-state index contributed by atoms with van der Waals surface area (Å²) in [5.74, 6) is 3.05. The normalized spacial score (nSPS) is 44.9. The van der Waals surface area contributed by atoms with Crippen LogP contribution in [0.2, 0.25) is 0 Å². The van der Waals surface area contributed by atoms with Gasteiger partial charge in [0.05, 0.1) is 13.2 Å². The Morgan fingerprint density at radius 2 is 1.47 bits per heavy atom. The lowest BCUT2D eigenvalue weighted by atomic mass is 9.47. The molecular weight excluding hydrogens is 236 g/mol. The van der Waals surface area contributed by atoms with Crippen LogP contribution in [0.4, 0.5) is 0 Å². The second kappa shape index (κ2) is 4.60. The lowest BCUT2D eigenvalue weighted by molar-refractivity contribution is -0.0532. The van der Waals surface area contributed by atoms with E-state index in [1.165, 1.54) is 44.1 Å². The van der Waals surface area contributed by atoms with Gasteiger partial charge in [0.25, 0.3) is 0 Å². The van der Waals surface area contributed by atoms with Crippen molar-refractivity contribution in [3.8, 4) is 0 Å². The highest BCUT2D eigenvalue weighted by Gasteiger charge is 2.51. The minimum Gasteiger partial charge on any atom is -0.350 e. The second-order valence-electron chi connectivity index (χ2n) is 7.51. The minimum absolute atomic E-state index is 0.0469. The van der Waals surface area contributed by atoms with Crippen LogP contribution in [0.1, 0.15) is 51.4 Å². The summed E-state index contributed by atoms with van der Waals surface area (Å²) < 4.78 is 11.1. The molecule has 1 saturated heterocycles. The Hall–Kier alpha value is -0.340. The maximum Gasteiger partial charge on any atom is 0.158 e. The molecule has 5 fully saturated rings. The van der Waals surface area contributed by atoms with Crippen molar-refractivity contribution in [1.82, 2.24) is 0 Å². The fourth-order valence-corrected chi connectivity index (χ4v) is 5.67. The minimum atomic E-state index is 0.0469. The van der Waals surface area contributed by atoms with E-state index in [4.69, 9.17) is 9.47 Å². The van der Waals surface area contributed by atoms with Crippen molar-refractivity contribution in [2.75, 3.05) is 13.2 Å². The van der Waals surface area contributed by atoms with Crippen molar-refractivity contribution in [2.24, 2.45) is 23.2 Å². The van der Waals surface area contributed by atoms with Crippen LogP contribution in [-0.4, -0.2) is 19.5 Å². The number of ether oxygens (including phenoxy) is 2. The van der Waals surface area contributed by atoms with Crippen LogP contribution in [0, 0.1) is 23.2 Å². The Labute approximate surface area is 116 Å². The first-order valence-corrected chi connectivity index (χ1v) is 8.15. The smallest absolute Gasteiger partial charge is 0.158 e. The molecule has 5 rings (SSSR count). The molecule has 2 heteroatoms. The molecule has 0 amide bonds. The molecule has 0 atom stereocenters. The Morgan fingerprint density at radius 3 is 2.00 bits per heavy atom. The van der Waals surface area contributed by atoms with Gasteiger partial charge in [-0.3, -0.25) is 0 Å². The van der Waals surface area contributed by atoms with Crippen LogP contribution in [0.15, 0.2) is 12.2 Å². The number of allylic oxidation sites excluding steroid dienone is 1. The van der Waals surface area contributed by atoms with Gasteiger partial charge in [0.1, 0.15) is 0 Å². The predicted octanol–water partition coefficient (Wildman–Crippen LogP) is 3.91. The third-order valence-electron chi connectivity index (χ3n) is 6.16. The first-order valence-electron chi connectivity index (χ1n) is 8.15. The summed E-state index contributed by atoms with van der Waals surface area (Å²) in [5, 5.41) is 0. The molecule has 4 saturated carbocycles. The molecule has 0 spiro atoms. The van der Waals surface area contributed by atoms with E-state index in [0.717, 1.165) is 43.8 Å². The summed E-state index contributed by atoms with van der Waals surface area (Å²) in [6, 6.07) is 0. The molecule has 0 radical (unpaired) electrons. The average Bonchev–Trinajstić information content (AvgIpc) is 2.87. The van der Waals surface area contributed by atoms with Gasteiger partial charge in [-0.25, -0.2) is 0 Å². The molecule has 1 aliphatic heterocycles. The number of hydrogen-bond donors (Lipinski definition) is 0. The van der Waals surface area contributed by atoms with Gasteiger partial charge in [0.2, 0.25) is 0 Å². The molecule has 0 aromatic rings. The van der Waals surface area contributed by atoms with Crippen molar-refractivity contribution in [3.05, 3.63) is 12.2 Å². The van der Waals surface area contributed by atoms with Gasteiger partial charge in [-0.2, -0.15) is 0 Å². The highest BCUT2D eigenvalue weighted by atomic mass is 16.7. The molecule has 0 aromatic carbocycles. The van der Waals surface area contributed by atoms with E-state index < -0.39 is 0 Å². The van der Waals surface area contributed by atoms with Gasteiger partial charge in [0.15, 0.2) is 6.29 Å². The van der Waals surface area contributed by atoms with Gasteiger partial charge in [-0.15, -0.1) is 0 Å². The van der Waals surface area contributed by atoms with Crippen LogP contribution < -0.4 is 0 Å². The van der Waals surface area contributed by atoms with E-state index in [9.17, 15) is 0 Å². The van der Waals surface area contributed by atoms with E-state index in [1.54, 1.807) is 0 Å². The topological polar surface area (TPSA) is 18.5 Å². The average molecular weight is 262 g/mol. The Kier molecular flexibility index (Phi) is 3.00. The summed E-state index contributed by atoms with van der Waals surface area (Å²) >= 11 is 0. The Morgan fingerprint density at radius 1 is 0.947 bits per heavy atom. The van der Waals surface area contributed by atoms with E-state index in [0.29, 0.717) is 5.41 Å². The third kappa shape index (κ3) is 2.17. The summed E-state index contributed by atoms with van der Waals surface area (Å²) in [5.41, 5.74) is 2.03. The standard InChI is InChI=1S/C17H26O2/c1-12(2-3-16-18-4-5-19-16)17-9-13-6-14(10-17)8-15(7-13)11-17/h13-16H,1-11H2. The zero-order valence-corrected chi connectivity index (χ0v) is 11.9. The van der Waals surface area contributed by atoms with Crippen molar-refractivity contribution in [2.45, 2.75) is 57.7 Å². The molecule has 0 N–H and O–H groups in total. The first-order chi connectivity index (χ1) is 9.23. The van der Waals surface area contributed by atoms with E-state index >= 15 is 0 Å². The lowest BCUT2D eigenvalue weighted by Crippen LogP contribution is -2.46. The number of rotatable bonds is 4.